The third-order valence-electron chi connectivity index (χ3n) is 2.57. The summed E-state index contributed by atoms with van der Waals surface area (Å²) in [6.45, 7) is 7.50. The maximum Gasteiger partial charge on any atom is 0.155 e. The zero-order valence-electron chi connectivity index (χ0n) is 10.6. The molecule has 17 heavy (non-hydrogen) atoms. The van der Waals surface area contributed by atoms with Gasteiger partial charge in [0.25, 0.3) is 0 Å². The molecule has 0 aliphatic rings. The molecule has 1 aromatic heterocycles. The molecule has 0 bridgehead atoms. The van der Waals surface area contributed by atoms with Gasteiger partial charge in [0, 0.05) is 27.2 Å². The van der Waals surface area contributed by atoms with Crippen molar-refractivity contribution in [1.82, 2.24) is 9.78 Å². The summed E-state index contributed by atoms with van der Waals surface area (Å²) in [5.74, 6) is 0.814. The topological polar surface area (TPSA) is 47.4 Å². The molecule has 0 saturated heterocycles. The molecule has 1 heterocycles. The molecule has 0 unspecified atom stereocenters. The van der Waals surface area contributed by atoms with Crippen LogP contribution in [0.15, 0.2) is 12.7 Å². The number of hydrogen-bond donors (Lipinski definition) is 0. The van der Waals surface area contributed by atoms with E-state index in [1.165, 1.54) is 0 Å². The molecule has 0 aliphatic carbocycles. The second-order valence-corrected chi connectivity index (χ2v) is 3.79. The van der Waals surface area contributed by atoms with Gasteiger partial charge >= 0.3 is 0 Å². The molecule has 94 valence electrons. The van der Waals surface area contributed by atoms with Gasteiger partial charge in [-0.25, -0.2) is 0 Å². The molecule has 1 rings (SSSR count). The molecule has 0 atom stereocenters. The molecule has 5 nitrogen and oxygen atoms in total. The summed E-state index contributed by atoms with van der Waals surface area (Å²) in [5, 5.41) is 4.26. The van der Waals surface area contributed by atoms with Crippen molar-refractivity contribution in [2.75, 3.05) is 31.7 Å². The van der Waals surface area contributed by atoms with Gasteiger partial charge in [-0.2, -0.15) is 5.10 Å². The molecular formula is C12H19N3O2. The number of hydrogen-bond acceptors (Lipinski definition) is 4. The summed E-state index contributed by atoms with van der Waals surface area (Å²) in [6, 6.07) is 0. The van der Waals surface area contributed by atoms with E-state index in [0.717, 1.165) is 17.8 Å². The highest BCUT2D eigenvalue weighted by Crippen LogP contribution is 2.21. The molecule has 0 aliphatic heterocycles. The fraction of sp³-hybridized carbons (Fsp3) is 0.500. The molecule has 0 spiro atoms. The number of carbonyl (C=O) groups is 1. The van der Waals surface area contributed by atoms with Crippen LogP contribution in [0.1, 0.15) is 16.1 Å². The Kier molecular flexibility index (Phi) is 4.90. The minimum absolute atomic E-state index is 0.594. The Morgan fingerprint density at radius 2 is 2.29 bits per heavy atom. The smallest absolute Gasteiger partial charge is 0.155 e. The summed E-state index contributed by atoms with van der Waals surface area (Å²) in [7, 11) is 3.49. The molecule has 5 heteroatoms. The fourth-order valence-electron chi connectivity index (χ4n) is 1.82. The van der Waals surface area contributed by atoms with Crippen molar-refractivity contribution in [2.24, 2.45) is 7.05 Å². The molecule has 0 fully saturated rings. The van der Waals surface area contributed by atoms with Crippen LogP contribution >= 0.6 is 0 Å². The van der Waals surface area contributed by atoms with Crippen molar-refractivity contribution in [2.45, 2.75) is 6.92 Å². The van der Waals surface area contributed by atoms with E-state index in [-0.39, 0.29) is 0 Å². The first-order valence-corrected chi connectivity index (χ1v) is 5.49. The van der Waals surface area contributed by atoms with E-state index in [1.807, 2.05) is 18.9 Å². The molecule has 0 saturated carbocycles. The Morgan fingerprint density at radius 1 is 1.59 bits per heavy atom. The summed E-state index contributed by atoms with van der Waals surface area (Å²) < 4.78 is 6.79. The zero-order chi connectivity index (χ0) is 12.8. The van der Waals surface area contributed by atoms with Gasteiger partial charge in [-0.1, -0.05) is 6.08 Å². The highest BCUT2D eigenvalue weighted by Gasteiger charge is 2.17. The molecule has 0 N–H and O–H groups in total. The number of carbonyl (C=O) groups excluding carboxylic acids is 1. The number of aldehydes is 1. The lowest BCUT2D eigenvalue weighted by atomic mass is 10.2. The minimum Gasteiger partial charge on any atom is -0.383 e. The average Bonchev–Trinajstić information content (AvgIpc) is 2.59. The number of methoxy groups -OCH3 is 1. The number of aryl methyl sites for hydroxylation is 2. The monoisotopic (exact) mass is 237 g/mol. The lowest BCUT2D eigenvalue weighted by Gasteiger charge is -2.23. The molecule has 0 amide bonds. The van der Waals surface area contributed by atoms with Crippen LogP contribution in [0.2, 0.25) is 0 Å². The number of aromatic nitrogens is 2. The normalized spacial score (nSPS) is 10.3. The Balaban J connectivity index is 3.07. The predicted molar refractivity (Wildman–Crippen MR) is 67.6 cm³/mol. The zero-order valence-corrected chi connectivity index (χ0v) is 10.6. The minimum atomic E-state index is 0.594. The van der Waals surface area contributed by atoms with Crippen LogP contribution in [0.4, 0.5) is 5.82 Å². The molecule has 1 aromatic rings. The van der Waals surface area contributed by atoms with Crippen LogP contribution in [0.5, 0.6) is 0 Å². The SMILES string of the molecule is C=CCN(CCOC)c1c(C=O)c(C)nn1C. The van der Waals surface area contributed by atoms with E-state index in [2.05, 4.69) is 11.7 Å². The predicted octanol–water partition coefficient (Wildman–Crippen LogP) is 1.18. The van der Waals surface area contributed by atoms with E-state index in [1.54, 1.807) is 17.9 Å². The Morgan fingerprint density at radius 3 is 2.82 bits per heavy atom. The van der Waals surface area contributed by atoms with Gasteiger partial charge in [0.1, 0.15) is 5.82 Å². The van der Waals surface area contributed by atoms with Gasteiger partial charge in [0.05, 0.1) is 17.9 Å². The van der Waals surface area contributed by atoms with E-state index in [4.69, 9.17) is 4.74 Å². The Hall–Kier alpha value is -1.62. The van der Waals surface area contributed by atoms with Gasteiger partial charge < -0.3 is 9.64 Å². The summed E-state index contributed by atoms with van der Waals surface area (Å²) in [5.41, 5.74) is 1.37. The quantitative estimate of drug-likeness (QED) is 0.528. The number of rotatable bonds is 7. The molecule has 0 aromatic carbocycles. The van der Waals surface area contributed by atoms with Crippen LogP contribution in [0.25, 0.3) is 0 Å². The number of anilines is 1. The standard InChI is InChI=1S/C12H19N3O2/c1-5-6-15(7-8-17-4)12-11(9-16)10(2)13-14(12)3/h5,9H,1,6-8H2,2-4H3. The Labute approximate surface area is 102 Å². The number of ether oxygens (including phenoxy) is 1. The average molecular weight is 237 g/mol. The van der Waals surface area contributed by atoms with E-state index in [9.17, 15) is 4.79 Å². The maximum absolute atomic E-state index is 11.1. The van der Waals surface area contributed by atoms with Gasteiger partial charge in [-0.05, 0) is 6.92 Å². The second kappa shape index (κ2) is 6.20. The van der Waals surface area contributed by atoms with Crippen LogP contribution in [0, 0.1) is 6.92 Å². The maximum atomic E-state index is 11.1. The molecular weight excluding hydrogens is 218 g/mol. The van der Waals surface area contributed by atoms with Crippen molar-refractivity contribution < 1.29 is 9.53 Å². The number of nitrogens with zero attached hydrogens (tertiary/aromatic N) is 3. The van der Waals surface area contributed by atoms with E-state index >= 15 is 0 Å². The highest BCUT2D eigenvalue weighted by atomic mass is 16.5. The van der Waals surface area contributed by atoms with Crippen LogP contribution in [-0.4, -0.2) is 42.9 Å². The fourth-order valence-corrected chi connectivity index (χ4v) is 1.82. The highest BCUT2D eigenvalue weighted by molar-refractivity contribution is 5.84. The summed E-state index contributed by atoms with van der Waals surface area (Å²) >= 11 is 0. The van der Waals surface area contributed by atoms with Crippen molar-refractivity contribution in [1.29, 1.82) is 0 Å². The summed E-state index contributed by atoms with van der Waals surface area (Å²) in [6.07, 6.45) is 2.65. The lowest BCUT2D eigenvalue weighted by Crippen LogP contribution is -2.30. The van der Waals surface area contributed by atoms with Crippen molar-refractivity contribution in [3.63, 3.8) is 0 Å². The third kappa shape index (κ3) is 2.94. The third-order valence-corrected chi connectivity index (χ3v) is 2.57. The first-order chi connectivity index (χ1) is 8.15. The van der Waals surface area contributed by atoms with E-state index < -0.39 is 0 Å². The lowest BCUT2D eigenvalue weighted by molar-refractivity contribution is 0.112. The van der Waals surface area contributed by atoms with Gasteiger partial charge in [0.2, 0.25) is 0 Å². The Bertz CT molecular complexity index is 399. The first kappa shape index (κ1) is 13.4. The first-order valence-electron chi connectivity index (χ1n) is 5.49. The second-order valence-electron chi connectivity index (χ2n) is 3.79. The van der Waals surface area contributed by atoms with Gasteiger partial charge in [-0.3, -0.25) is 9.48 Å². The molecule has 0 radical (unpaired) electrons. The van der Waals surface area contributed by atoms with Crippen LogP contribution in [0.3, 0.4) is 0 Å². The van der Waals surface area contributed by atoms with Gasteiger partial charge in [-0.15, -0.1) is 6.58 Å². The summed E-state index contributed by atoms with van der Waals surface area (Å²) in [4.78, 5) is 13.1. The van der Waals surface area contributed by atoms with Crippen molar-refractivity contribution >= 4 is 12.1 Å². The van der Waals surface area contributed by atoms with Crippen molar-refractivity contribution in [3.05, 3.63) is 23.9 Å². The van der Waals surface area contributed by atoms with E-state index in [0.29, 0.717) is 25.3 Å². The van der Waals surface area contributed by atoms with Crippen molar-refractivity contribution in [3.8, 4) is 0 Å². The largest absolute Gasteiger partial charge is 0.383 e. The van der Waals surface area contributed by atoms with Crippen LogP contribution < -0.4 is 4.90 Å². The van der Waals surface area contributed by atoms with Crippen LogP contribution in [-0.2, 0) is 11.8 Å². The van der Waals surface area contributed by atoms with Gasteiger partial charge in [0.15, 0.2) is 6.29 Å².